The van der Waals surface area contributed by atoms with Gasteiger partial charge in [-0.3, -0.25) is 9.78 Å². The van der Waals surface area contributed by atoms with Gasteiger partial charge in [0.2, 0.25) is 6.10 Å². The number of oxime groups is 1. The first-order chi connectivity index (χ1) is 11.6. The van der Waals surface area contributed by atoms with Crippen molar-refractivity contribution in [2.75, 3.05) is 13.2 Å². The molecule has 1 unspecified atom stereocenters. The highest BCUT2D eigenvalue weighted by Gasteiger charge is 2.28. The minimum absolute atomic E-state index is 0.158. The molecule has 0 bridgehead atoms. The van der Waals surface area contributed by atoms with E-state index in [1.807, 2.05) is 44.2 Å². The standard InChI is InChI=1S/C18H21N3O3/c1-12(2)14-11-16(24-21-14)18(22)20-9-10-23-15-7-3-5-13-6-4-8-19-17(13)15/h3-8,12,16H,9-11H2,1-2H3,(H,20,22). The number of ether oxygens (including phenoxy) is 1. The highest BCUT2D eigenvalue weighted by molar-refractivity contribution is 5.93. The number of aromatic nitrogens is 1. The maximum atomic E-state index is 12.1. The molecule has 1 amide bonds. The van der Waals surface area contributed by atoms with Crippen molar-refractivity contribution in [3.05, 3.63) is 36.5 Å². The molecule has 0 radical (unpaired) electrons. The van der Waals surface area contributed by atoms with Gasteiger partial charge in [-0.2, -0.15) is 0 Å². The fourth-order valence-corrected chi connectivity index (χ4v) is 2.52. The number of hydrogen-bond acceptors (Lipinski definition) is 5. The Morgan fingerprint density at radius 3 is 3.00 bits per heavy atom. The molecule has 1 atom stereocenters. The van der Waals surface area contributed by atoms with E-state index in [1.54, 1.807) is 6.20 Å². The summed E-state index contributed by atoms with van der Waals surface area (Å²) in [4.78, 5) is 21.6. The molecule has 2 aromatic rings. The number of pyridine rings is 1. The second kappa shape index (κ2) is 7.29. The predicted octanol–water partition coefficient (Wildman–Crippen LogP) is 2.53. The number of nitrogens with zero attached hydrogens (tertiary/aromatic N) is 2. The molecule has 126 valence electrons. The van der Waals surface area contributed by atoms with Crippen LogP contribution in [0.5, 0.6) is 5.75 Å². The Bertz CT molecular complexity index is 753. The van der Waals surface area contributed by atoms with Gasteiger partial charge in [0.1, 0.15) is 17.9 Å². The van der Waals surface area contributed by atoms with E-state index in [0.717, 1.165) is 16.6 Å². The number of carbonyl (C=O) groups is 1. The second-order valence-electron chi connectivity index (χ2n) is 6.01. The van der Waals surface area contributed by atoms with Gasteiger partial charge in [0.15, 0.2) is 0 Å². The summed E-state index contributed by atoms with van der Waals surface area (Å²) in [7, 11) is 0. The third-order valence-corrected chi connectivity index (χ3v) is 3.91. The van der Waals surface area contributed by atoms with Crippen LogP contribution in [0.1, 0.15) is 20.3 Å². The maximum Gasteiger partial charge on any atom is 0.264 e. The predicted molar refractivity (Wildman–Crippen MR) is 92.0 cm³/mol. The number of rotatable bonds is 6. The summed E-state index contributed by atoms with van der Waals surface area (Å²) >= 11 is 0. The summed E-state index contributed by atoms with van der Waals surface area (Å²) in [6.07, 6.45) is 1.76. The third kappa shape index (κ3) is 3.64. The number of hydrogen-bond donors (Lipinski definition) is 1. The molecule has 0 spiro atoms. The molecule has 1 aliphatic heterocycles. The molecular formula is C18H21N3O3. The molecular weight excluding hydrogens is 306 g/mol. The minimum atomic E-state index is -0.526. The molecule has 6 heteroatoms. The van der Waals surface area contributed by atoms with Gasteiger partial charge in [-0.15, -0.1) is 0 Å². The molecule has 1 aliphatic rings. The van der Waals surface area contributed by atoms with Gasteiger partial charge in [-0.25, -0.2) is 0 Å². The average Bonchev–Trinajstić information content (AvgIpc) is 3.09. The Hall–Kier alpha value is -2.63. The summed E-state index contributed by atoms with van der Waals surface area (Å²) in [5, 5.41) is 7.81. The summed E-state index contributed by atoms with van der Waals surface area (Å²) < 4.78 is 5.74. The largest absolute Gasteiger partial charge is 0.489 e. The molecule has 0 saturated carbocycles. The van der Waals surface area contributed by atoms with E-state index in [-0.39, 0.29) is 5.91 Å². The van der Waals surface area contributed by atoms with Gasteiger partial charge < -0.3 is 14.9 Å². The SMILES string of the molecule is CC(C)C1=NOC(C(=O)NCCOc2cccc3cccnc23)C1. The highest BCUT2D eigenvalue weighted by atomic mass is 16.6. The minimum Gasteiger partial charge on any atom is -0.489 e. The Labute approximate surface area is 140 Å². The Kier molecular flexibility index (Phi) is 4.93. The quantitative estimate of drug-likeness (QED) is 0.828. The van der Waals surface area contributed by atoms with Gasteiger partial charge in [0.25, 0.3) is 5.91 Å². The lowest BCUT2D eigenvalue weighted by Gasteiger charge is -2.11. The average molecular weight is 327 g/mol. The molecule has 0 aliphatic carbocycles. The number of benzene rings is 1. The number of para-hydroxylation sites is 1. The molecule has 6 nitrogen and oxygen atoms in total. The lowest BCUT2D eigenvalue weighted by molar-refractivity contribution is -0.131. The Morgan fingerprint density at radius 2 is 2.21 bits per heavy atom. The van der Waals surface area contributed by atoms with Crippen molar-refractivity contribution >= 4 is 22.5 Å². The number of nitrogens with one attached hydrogen (secondary N) is 1. The van der Waals surface area contributed by atoms with Crippen LogP contribution in [0.3, 0.4) is 0 Å². The second-order valence-corrected chi connectivity index (χ2v) is 6.01. The summed E-state index contributed by atoms with van der Waals surface area (Å²) in [5.41, 5.74) is 1.74. The lowest BCUT2D eigenvalue weighted by atomic mass is 10.0. The lowest BCUT2D eigenvalue weighted by Crippen LogP contribution is -2.37. The van der Waals surface area contributed by atoms with Crippen LogP contribution >= 0.6 is 0 Å². The van der Waals surface area contributed by atoms with E-state index in [0.29, 0.717) is 31.2 Å². The first kappa shape index (κ1) is 16.2. The molecule has 2 heterocycles. The van der Waals surface area contributed by atoms with E-state index >= 15 is 0 Å². The van der Waals surface area contributed by atoms with Crippen molar-refractivity contribution in [1.29, 1.82) is 0 Å². The van der Waals surface area contributed by atoms with Crippen LogP contribution < -0.4 is 10.1 Å². The topological polar surface area (TPSA) is 72.8 Å². The van der Waals surface area contributed by atoms with Crippen LogP contribution in [0.25, 0.3) is 10.9 Å². The van der Waals surface area contributed by atoms with Crippen molar-refractivity contribution < 1.29 is 14.4 Å². The van der Waals surface area contributed by atoms with Gasteiger partial charge in [0, 0.05) is 18.0 Å². The van der Waals surface area contributed by atoms with Gasteiger partial charge >= 0.3 is 0 Å². The smallest absolute Gasteiger partial charge is 0.264 e. The number of fused-ring (bicyclic) bond motifs is 1. The zero-order valence-corrected chi connectivity index (χ0v) is 13.9. The number of carbonyl (C=O) groups excluding carboxylic acids is 1. The molecule has 1 N–H and O–H groups in total. The van der Waals surface area contributed by atoms with Crippen LogP contribution in [-0.4, -0.2) is 35.9 Å². The van der Waals surface area contributed by atoms with Crippen molar-refractivity contribution in [2.45, 2.75) is 26.4 Å². The highest BCUT2D eigenvalue weighted by Crippen LogP contribution is 2.22. The summed E-state index contributed by atoms with van der Waals surface area (Å²) in [6.45, 7) is 4.84. The molecule has 1 aromatic heterocycles. The van der Waals surface area contributed by atoms with Crippen LogP contribution in [-0.2, 0) is 9.63 Å². The van der Waals surface area contributed by atoms with Gasteiger partial charge in [-0.1, -0.05) is 37.2 Å². The maximum absolute atomic E-state index is 12.1. The number of amides is 1. The first-order valence-corrected chi connectivity index (χ1v) is 8.12. The summed E-state index contributed by atoms with van der Waals surface area (Å²) in [5.74, 6) is 0.851. The van der Waals surface area contributed by atoms with E-state index in [1.165, 1.54) is 0 Å². The summed E-state index contributed by atoms with van der Waals surface area (Å²) in [6, 6.07) is 9.66. The first-order valence-electron chi connectivity index (χ1n) is 8.12. The van der Waals surface area contributed by atoms with E-state index in [2.05, 4.69) is 15.5 Å². The fourth-order valence-electron chi connectivity index (χ4n) is 2.52. The van der Waals surface area contributed by atoms with Crippen molar-refractivity contribution in [2.24, 2.45) is 11.1 Å². The zero-order valence-electron chi connectivity index (χ0n) is 13.9. The molecule has 3 rings (SSSR count). The van der Waals surface area contributed by atoms with E-state index in [9.17, 15) is 4.79 Å². The van der Waals surface area contributed by atoms with Crippen LogP contribution in [0.15, 0.2) is 41.7 Å². The molecule has 0 fully saturated rings. The van der Waals surface area contributed by atoms with Gasteiger partial charge in [-0.05, 0) is 18.1 Å². The van der Waals surface area contributed by atoms with Crippen molar-refractivity contribution in [3.8, 4) is 5.75 Å². The van der Waals surface area contributed by atoms with Crippen molar-refractivity contribution in [3.63, 3.8) is 0 Å². The molecule has 24 heavy (non-hydrogen) atoms. The third-order valence-electron chi connectivity index (χ3n) is 3.91. The monoisotopic (exact) mass is 327 g/mol. The fraction of sp³-hybridized carbons (Fsp3) is 0.389. The zero-order chi connectivity index (χ0) is 16.9. The van der Waals surface area contributed by atoms with E-state index in [4.69, 9.17) is 9.57 Å². The van der Waals surface area contributed by atoms with E-state index < -0.39 is 6.10 Å². The van der Waals surface area contributed by atoms with Crippen LogP contribution in [0.4, 0.5) is 0 Å². The normalized spacial score (nSPS) is 16.8. The van der Waals surface area contributed by atoms with Crippen molar-refractivity contribution in [1.82, 2.24) is 10.3 Å². The van der Waals surface area contributed by atoms with Crippen LogP contribution in [0, 0.1) is 5.92 Å². The molecule has 0 saturated heterocycles. The Balaban J connectivity index is 1.46. The van der Waals surface area contributed by atoms with Crippen LogP contribution in [0.2, 0.25) is 0 Å². The molecule has 1 aromatic carbocycles. The Morgan fingerprint density at radius 1 is 1.38 bits per heavy atom. The van der Waals surface area contributed by atoms with Gasteiger partial charge in [0.05, 0.1) is 12.3 Å².